The second kappa shape index (κ2) is 7.88. The third-order valence-electron chi connectivity index (χ3n) is 2.47. The predicted molar refractivity (Wildman–Crippen MR) is 78.8 cm³/mol. The van der Waals surface area contributed by atoms with Crippen LogP contribution in [0.3, 0.4) is 0 Å². The van der Waals surface area contributed by atoms with Crippen LogP contribution in [-0.2, 0) is 4.79 Å². The number of amides is 2. The third-order valence-corrected chi connectivity index (χ3v) is 2.47. The van der Waals surface area contributed by atoms with Crippen molar-refractivity contribution < 1.29 is 19.1 Å². The molecule has 0 bridgehead atoms. The normalized spacial score (nSPS) is 9.52. The summed E-state index contributed by atoms with van der Waals surface area (Å²) < 4.78 is 10.2. The van der Waals surface area contributed by atoms with Crippen LogP contribution in [0.4, 0.5) is 0 Å². The zero-order valence-electron chi connectivity index (χ0n) is 12.5. The van der Waals surface area contributed by atoms with Crippen LogP contribution in [0.15, 0.2) is 23.3 Å². The summed E-state index contributed by atoms with van der Waals surface area (Å²) in [5.74, 6) is 0.127. The number of rotatable bonds is 6. The molecule has 114 valence electrons. The first-order valence-corrected chi connectivity index (χ1v) is 6.28. The van der Waals surface area contributed by atoms with Gasteiger partial charge in [-0.25, -0.2) is 5.43 Å². The Hall–Kier alpha value is -2.57. The van der Waals surface area contributed by atoms with E-state index in [0.717, 1.165) is 0 Å². The van der Waals surface area contributed by atoms with Gasteiger partial charge in [0.1, 0.15) is 11.5 Å². The van der Waals surface area contributed by atoms with Gasteiger partial charge in [-0.1, -0.05) is 0 Å². The average Bonchev–Trinajstić information content (AvgIpc) is 2.49. The van der Waals surface area contributed by atoms with Crippen molar-refractivity contribution in [3.63, 3.8) is 0 Å². The molecule has 7 heteroatoms. The van der Waals surface area contributed by atoms with Crippen LogP contribution in [0.5, 0.6) is 11.5 Å². The topological polar surface area (TPSA) is 89.0 Å². The van der Waals surface area contributed by atoms with Crippen LogP contribution < -0.4 is 20.2 Å². The molecular weight excluding hydrogens is 274 g/mol. The largest absolute Gasteiger partial charge is 0.497 e. The number of hydrogen-bond acceptors (Lipinski definition) is 5. The monoisotopic (exact) mass is 293 g/mol. The first-order valence-electron chi connectivity index (χ1n) is 6.28. The molecule has 2 amide bonds. The molecule has 0 saturated carbocycles. The molecule has 0 fully saturated rings. The molecular formula is C14H19N3O4. The van der Waals surface area contributed by atoms with Crippen LogP contribution in [0.25, 0.3) is 0 Å². The van der Waals surface area contributed by atoms with E-state index in [1.165, 1.54) is 14.2 Å². The van der Waals surface area contributed by atoms with E-state index >= 15 is 0 Å². The number of carbonyl (C=O) groups excluding carboxylic acids is 2. The third kappa shape index (κ3) is 5.13. The van der Waals surface area contributed by atoms with Gasteiger partial charge in [0.2, 0.25) is 0 Å². The Morgan fingerprint density at radius 3 is 2.48 bits per heavy atom. The van der Waals surface area contributed by atoms with Crippen LogP contribution in [0, 0.1) is 0 Å². The van der Waals surface area contributed by atoms with Crippen LogP contribution in [-0.4, -0.2) is 38.3 Å². The Bertz CT molecular complexity index is 551. The van der Waals surface area contributed by atoms with Crippen molar-refractivity contribution in [2.75, 3.05) is 20.8 Å². The van der Waals surface area contributed by atoms with Gasteiger partial charge in [-0.2, -0.15) is 5.10 Å². The standard InChI is InChI=1S/C14H19N3O4/c1-9(2)16-17-13(18)8-15-14(19)11-6-5-10(20-3)7-12(11)21-4/h5-7H,8H2,1-4H3,(H,15,19)(H,17,18). The molecule has 0 aliphatic carbocycles. The highest BCUT2D eigenvalue weighted by Crippen LogP contribution is 2.24. The van der Waals surface area contributed by atoms with Crippen molar-refractivity contribution in [2.45, 2.75) is 13.8 Å². The van der Waals surface area contributed by atoms with E-state index in [4.69, 9.17) is 9.47 Å². The van der Waals surface area contributed by atoms with Gasteiger partial charge in [0.15, 0.2) is 0 Å². The number of nitrogens with one attached hydrogen (secondary N) is 2. The molecule has 0 saturated heterocycles. The minimum absolute atomic E-state index is 0.176. The van der Waals surface area contributed by atoms with E-state index in [9.17, 15) is 9.59 Å². The number of benzene rings is 1. The Morgan fingerprint density at radius 2 is 1.90 bits per heavy atom. The lowest BCUT2D eigenvalue weighted by molar-refractivity contribution is -0.120. The Labute approximate surface area is 123 Å². The molecule has 0 spiro atoms. The van der Waals surface area contributed by atoms with Crippen LogP contribution in [0.2, 0.25) is 0 Å². The lowest BCUT2D eigenvalue weighted by atomic mass is 10.1. The first kappa shape index (κ1) is 16.5. The van der Waals surface area contributed by atoms with E-state index in [1.807, 2.05) is 0 Å². The van der Waals surface area contributed by atoms with Crippen molar-refractivity contribution in [1.82, 2.24) is 10.7 Å². The number of carbonyl (C=O) groups is 2. The fraction of sp³-hybridized carbons (Fsp3) is 0.357. The first-order chi connectivity index (χ1) is 9.97. The number of hydrazone groups is 1. The van der Waals surface area contributed by atoms with Crippen molar-refractivity contribution in [1.29, 1.82) is 0 Å². The van der Waals surface area contributed by atoms with Gasteiger partial charge in [0, 0.05) is 11.8 Å². The van der Waals surface area contributed by atoms with Crippen molar-refractivity contribution in [3.8, 4) is 11.5 Å². The van der Waals surface area contributed by atoms with Gasteiger partial charge in [-0.05, 0) is 26.0 Å². The summed E-state index contributed by atoms with van der Waals surface area (Å²) in [6.07, 6.45) is 0. The average molecular weight is 293 g/mol. The van der Waals surface area contributed by atoms with Gasteiger partial charge in [-0.15, -0.1) is 0 Å². The molecule has 21 heavy (non-hydrogen) atoms. The van der Waals surface area contributed by atoms with E-state index in [2.05, 4.69) is 15.8 Å². The molecule has 0 aliphatic rings. The summed E-state index contributed by atoms with van der Waals surface area (Å²) in [4.78, 5) is 23.5. The fourth-order valence-corrected chi connectivity index (χ4v) is 1.46. The van der Waals surface area contributed by atoms with E-state index in [1.54, 1.807) is 32.0 Å². The molecule has 0 radical (unpaired) electrons. The highest BCUT2D eigenvalue weighted by atomic mass is 16.5. The number of hydrogen-bond donors (Lipinski definition) is 2. The summed E-state index contributed by atoms with van der Waals surface area (Å²) in [5.41, 5.74) is 3.35. The Morgan fingerprint density at radius 1 is 1.19 bits per heavy atom. The van der Waals surface area contributed by atoms with Crippen molar-refractivity contribution in [2.24, 2.45) is 5.10 Å². The number of nitrogens with zero attached hydrogens (tertiary/aromatic N) is 1. The van der Waals surface area contributed by atoms with Gasteiger partial charge < -0.3 is 14.8 Å². The van der Waals surface area contributed by atoms with Gasteiger partial charge >= 0.3 is 0 Å². The molecule has 0 aromatic heterocycles. The lowest BCUT2D eigenvalue weighted by Gasteiger charge is -2.10. The maximum Gasteiger partial charge on any atom is 0.259 e. The maximum atomic E-state index is 12.0. The second-order valence-corrected chi connectivity index (χ2v) is 4.34. The molecule has 1 aromatic rings. The zero-order valence-corrected chi connectivity index (χ0v) is 12.5. The molecule has 0 heterocycles. The summed E-state index contributed by atoms with van der Waals surface area (Å²) in [6, 6.07) is 4.81. The fourth-order valence-electron chi connectivity index (χ4n) is 1.46. The van der Waals surface area contributed by atoms with Gasteiger partial charge in [0.05, 0.1) is 26.3 Å². The quantitative estimate of drug-likeness (QED) is 0.603. The molecule has 2 N–H and O–H groups in total. The second-order valence-electron chi connectivity index (χ2n) is 4.34. The minimum Gasteiger partial charge on any atom is -0.497 e. The molecule has 7 nitrogen and oxygen atoms in total. The molecule has 1 rings (SSSR count). The molecule has 0 atom stereocenters. The van der Waals surface area contributed by atoms with Crippen LogP contribution >= 0.6 is 0 Å². The highest BCUT2D eigenvalue weighted by molar-refractivity contribution is 5.99. The van der Waals surface area contributed by atoms with Gasteiger partial charge in [0.25, 0.3) is 11.8 Å². The maximum absolute atomic E-state index is 12.0. The minimum atomic E-state index is -0.415. The van der Waals surface area contributed by atoms with Crippen molar-refractivity contribution >= 4 is 17.5 Å². The van der Waals surface area contributed by atoms with Gasteiger partial charge in [-0.3, -0.25) is 9.59 Å². The predicted octanol–water partition coefficient (Wildman–Crippen LogP) is 0.946. The SMILES string of the molecule is COc1ccc(C(=O)NCC(=O)NN=C(C)C)c(OC)c1. The van der Waals surface area contributed by atoms with Crippen LogP contribution in [0.1, 0.15) is 24.2 Å². The van der Waals surface area contributed by atoms with E-state index in [0.29, 0.717) is 22.8 Å². The Balaban J connectivity index is 2.67. The number of ether oxygens (including phenoxy) is 2. The summed E-state index contributed by atoms with van der Waals surface area (Å²) in [5, 5.41) is 6.25. The van der Waals surface area contributed by atoms with Crippen molar-refractivity contribution in [3.05, 3.63) is 23.8 Å². The van der Waals surface area contributed by atoms with E-state index < -0.39 is 11.8 Å². The lowest BCUT2D eigenvalue weighted by Crippen LogP contribution is -2.35. The summed E-state index contributed by atoms with van der Waals surface area (Å²) in [6.45, 7) is 3.33. The number of methoxy groups -OCH3 is 2. The molecule has 0 aliphatic heterocycles. The summed E-state index contributed by atoms with van der Waals surface area (Å²) >= 11 is 0. The molecule has 1 aromatic carbocycles. The Kier molecular flexibility index (Phi) is 6.19. The molecule has 0 unspecified atom stereocenters. The highest BCUT2D eigenvalue weighted by Gasteiger charge is 2.14. The smallest absolute Gasteiger partial charge is 0.259 e. The summed E-state index contributed by atoms with van der Waals surface area (Å²) in [7, 11) is 2.98. The zero-order chi connectivity index (χ0) is 15.8. The van der Waals surface area contributed by atoms with E-state index in [-0.39, 0.29) is 6.54 Å².